The molecule has 4 atom stereocenters. The van der Waals surface area contributed by atoms with Gasteiger partial charge in [0.2, 0.25) is 5.91 Å². The van der Waals surface area contributed by atoms with Crippen LogP contribution >= 0.6 is 0 Å². The number of amides is 1. The summed E-state index contributed by atoms with van der Waals surface area (Å²) in [7, 11) is 1.64. The molecule has 1 N–H and O–H groups in total. The number of ether oxygens (including phenoxy) is 1. The fourth-order valence-electron chi connectivity index (χ4n) is 4.80. The fraction of sp³-hybridized carbons (Fsp3) is 0.579. The lowest BCUT2D eigenvalue weighted by Crippen LogP contribution is -2.43. The van der Waals surface area contributed by atoms with Crippen molar-refractivity contribution in [2.24, 2.45) is 11.3 Å². The van der Waals surface area contributed by atoms with Crippen molar-refractivity contribution in [1.29, 1.82) is 0 Å². The van der Waals surface area contributed by atoms with E-state index in [-0.39, 0.29) is 23.8 Å². The van der Waals surface area contributed by atoms with Gasteiger partial charge in [-0.2, -0.15) is 0 Å². The molecule has 1 amide bonds. The van der Waals surface area contributed by atoms with Crippen LogP contribution in [0.1, 0.15) is 43.6 Å². The Morgan fingerprint density at radius 1 is 1.25 bits per heavy atom. The molecule has 0 aromatic heterocycles. The molecule has 5 heteroatoms. The van der Waals surface area contributed by atoms with E-state index in [4.69, 9.17) is 4.74 Å². The van der Waals surface area contributed by atoms with Gasteiger partial charge in [-0.3, -0.25) is 9.59 Å². The standard InChI is InChI=1S/C19H23NO4/c1-24-13-6-4-12(5-7-13)14-11-15(14)17(21)20-10-9-19(18(22)23)8-2-3-16(19)20/h4-7,14-16H,2-3,8-11H2,1H3,(H,22,23)/t14-,15+,16-,19+/m0/s1. The van der Waals surface area contributed by atoms with Crippen LogP contribution in [0.4, 0.5) is 0 Å². The lowest BCUT2D eigenvalue weighted by Gasteiger charge is -2.29. The molecule has 24 heavy (non-hydrogen) atoms. The topological polar surface area (TPSA) is 66.8 Å². The van der Waals surface area contributed by atoms with Crippen molar-refractivity contribution in [1.82, 2.24) is 4.90 Å². The maximum absolute atomic E-state index is 12.9. The van der Waals surface area contributed by atoms with E-state index in [1.807, 2.05) is 29.2 Å². The minimum Gasteiger partial charge on any atom is -0.497 e. The Balaban J connectivity index is 1.47. The highest BCUT2D eigenvalue weighted by molar-refractivity contribution is 5.86. The first-order valence-corrected chi connectivity index (χ1v) is 8.74. The van der Waals surface area contributed by atoms with Crippen LogP contribution in [0.25, 0.3) is 0 Å². The second-order valence-electron chi connectivity index (χ2n) is 7.37. The summed E-state index contributed by atoms with van der Waals surface area (Å²) >= 11 is 0. The first-order valence-electron chi connectivity index (χ1n) is 8.74. The van der Waals surface area contributed by atoms with Gasteiger partial charge in [-0.15, -0.1) is 0 Å². The molecule has 2 saturated carbocycles. The van der Waals surface area contributed by atoms with Crippen LogP contribution in [0, 0.1) is 11.3 Å². The average molecular weight is 329 g/mol. The van der Waals surface area contributed by atoms with Crippen LogP contribution in [0.2, 0.25) is 0 Å². The summed E-state index contributed by atoms with van der Waals surface area (Å²) in [5.74, 6) is 0.542. The quantitative estimate of drug-likeness (QED) is 0.922. The Hall–Kier alpha value is -2.04. The number of carboxylic acids is 1. The predicted octanol–water partition coefficient (Wildman–Crippen LogP) is 2.65. The number of fused-ring (bicyclic) bond motifs is 1. The second kappa shape index (κ2) is 5.50. The lowest BCUT2D eigenvalue weighted by molar-refractivity contribution is -0.150. The van der Waals surface area contributed by atoms with Gasteiger partial charge in [0, 0.05) is 18.5 Å². The van der Waals surface area contributed by atoms with Crippen molar-refractivity contribution < 1.29 is 19.4 Å². The van der Waals surface area contributed by atoms with E-state index < -0.39 is 11.4 Å². The van der Waals surface area contributed by atoms with E-state index in [1.54, 1.807) is 7.11 Å². The molecule has 3 fully saturated rings. The van der Waals surface area contributed by atoms with Gasteiger partial charge in [0.1, 0.15) is 5.75 Å². The number of rotatable bonds is 4. The molecule has 4 rings (SSSR count). The zero-order valence-corrected chi connectivity index (χ0v) is 13.9. The van der Waals surface area contributed by atoms with Gasteiger partial charge < -0.3 is 14.7 Å². The van der Waals surface area contributed by atoms with Crippen LogP contribution in [0.5, 0.6) is 5.75 Å². The van der Waals surface area contributed by atoms with Crippen molar-refractivity contribution in [3.8, 4) is 5.75 Å². The molecule has 5 nitrogen and oxygen atoms in total. The number of nitrogens with zero attached hydrogens (tertiary/aromatic N) is 1. The van der Waals surface area contributed by atoms with Crippen molar-refractivity contribution >= 4 is 11.9 Å². The molecule has 3 aliphatic rings. The number of carboxylic acid groups (broad SMARTS) is 1. The van der Waals surface area contributed by atoms with E-state index >= 15 is 0 Å². The van der Waals surface area contributed by atoms with Gasteiger partial charge in [0.25, 0.3) is 0 Å². The summed E-state index contributed by atoms with van der Waals surface area (Å²) in [4.78, 5) is 26.6. The molecule has 1 aromatic rings. The van der Waals surface area contributed by atoms with E-state index in [2.05, 4.69) is 0 Å². The highest BCUT2D eigenvalue weighted by Crippen LogP contribution is 2.53. The number of carbonyl (C=O) groups excluding carboxylic acids is 1. The molecule has 128 valence electrons. The Bertz CT molecular complexity index is 670. The number of methoxy groups -OCH3 is 1. The highest BCUT2D eigenvalue weighted by Gasteiger charge is 2.59. The SMILES string of the molecule is COc1ccc([C@@H]2C[C@H]2C(=O)N2CC[C@]3(C(=O)O)CCC[C@H]23)cc1. The van der Waals surface area contributed by atoms with Gasteiger partial charge in [-0.05, 0) is 49.3 Å². The number of aliphatic carboxylic acids is 1. The molecule has 0 bridgehead atoms. The normalized spacial score (nSPS) is 34.0. The number of hydrogen-bond acceptors (Lipinski definition) is 3. The van der Waals surface area contributed by atoms with Gasteiger partial charge >= 0.3 is 5.97 Å². The highest BCUT2D eigenvalue weighted by atomic mass is 16.5. The monoisotopic (exact) mass is 329 g/mol. The summed E-state index contributed by atoms with van der Waals surface area (Å²) in [6, 6.07) is 7.81. The zero-order valence-electron chi connectivity index (χ0n) is 13.9. The largest absolute Gasteiger partial charge is 0.497 e. The third-order valence-corrected chi connectivity index (χ3v) is 6.27. The molecule has 0 radical (unpaired) electrons. The minimum atomic E-state index is -0.720. The lowest BCUT2D eigenvalue weighted by atomic mass is 9.82. The third kappa shape index (κ3) is 2.21. The zero-order chi connectivity index (χ0) is 16.9. The molecule has 0 unspecified atom stereocenters. The van der Waals surface area contributed by atoms with Crippen LogP contribution < -0.4 is 4.74 Å². The summed E-state index contributed by atoms with van der Waals surface area (Å²) in [6.07, 6.45) is 3.93. The number of hydrogen-bond donors (Lipinski definition) is 1. The Morgan fingerprint density at radius 3 is 2.67 bits per heavy atom. The first kappa shape index (κ1) is 15.5. The number of likely N-dealkylation sites (tertiary alicyclic amines) is 1. The maximum atomic E-state index is 12.9. The van der Waals surface area contributed by atoms with Crippen molar-refractivity contribution in [2.75, 3.05) is 13.7 Å². The van der Waals surface area contributed by atoms with Crippen molar-refractivity contribution in [3.63, 3.8) is 0 Å². The molecular weight excluding hydrogens is 306 g/mol. The number of carbonyl (C=O) groups is 2. The summed E-state index contributed by atoms with van der Waals surface area (Å²) in [5, 5.41) is 9.66. The van der Waals surface area contributed by atoms with E-state index in [0.29, 0.717) is 19.4 Å². The molecule has 2 aliphatic carbocycles. The van der Waals surface area contributed by atoms with Crippen molar-refractivity contribution in [3.05, 3.63) is 29.8 Å². The molecule has 1 saturated heterocycles. The van der Waals surface area contributed by atoms with Gasteiger partial charge in [0.15, 0.2) is 0 Å². The summed E-state index contributed by atoms with van der Waals surface area (Å²) < 4.78 is 5.17. The molecule has 1 aliphatic heterocycles. The first-order chi connectivity index (χ1) is 11.6. The van der Waals surface area contributed by atoms with Crippen LogP contribution in [0.3, 0.4) is 0 Å². The van der Waals surface area contributed by atoms with Crippen LogP contribution in [-0.4, -0.2) is 41.6 Å². The maximum Gasteiger partial charge on any atom is 0.311 e. The smallest absolute Gasteiger partial charge is 0.311 e. The molecular formula is C19H23NO4. The Morgan fingerprint density at radius 2 is 2.00 bits per heavy atom. The van der Waals surface area contributed by atoms with E-state index in [9.17, 15) is 14.7 Å². The van der Waals surface area contributed by atoms with Gasteiger partial charge in [0.05, 0.1) is 12.5 Å². The third-order valence-electron chi connectivity index (χ3n) is 6.27. The average Bonchev–Trinajstić information content (AvgIpc) is 3.12. The van der Waals surface area contributed by atoms with E-state index in [1.165, 1.54) is 5.56 Å². The van der Waals surface area contributed by atoms with Crippen molar-refractivity contribution in [2.45, 2.75) is 44.1 Å². The molecule has 1 aromatic carbocycles. The minimum absolute atomic E-state index is 0.0172. The number of benzene rings is 1. The van der Waals surface area contributed by atoms with Gasteiger partial charge in [-0.1, -0.05) is 18.6 Å². The molecule has 1 heterocycles. The Kier molecular flexibility index (Phi) is 3.55. The van der Waals surface area contributed by atoms with E-state index in [0.717, 1.165) is 25.0 Å². The van der Waals surface area contributed by atoms with Crippen LogP contribution in [-0.2, 0) is 9.59 Å². The summed E-state index contributed by atoms with van der Waals surface area (Å²) in [6.45, 7) is 0.599. The fourth-order valence-corrected chi connectivity index (χ4v) is 4.80. The van der Waals surface area contributed by atoms with Crippen LogP contribution in [0.15, 0.2) is 24.3 Å². The van der Waals surface area contributed by atoms with Gasteiger partial charge in [-0.25, -0.2) is 0 Å². The molecule has 0 spiro atoms. The predicted molar refractivity (Wildman–Crippen MR) is 87.9 cm³/mol. The summed E-state index contributed by atoms with van der Waals surface area (Å²) in [5.41, 5.74) is 0.490. The Labute approximate surface area is 141 Å². The second-order valence-corrected chi connectivity index (χ2v) is 7.37.